The number of benzene rings is 2. The van der Waals surface area contributed by atoms with Crippen molar-refractivity contribution >= 4 is 30.1 Å². The summed E-state index contributed by atoms with van der Waals surface area (Å²) < 4.78 is 0. The fourth-order valence-electron chi connectivity index (χ4n) is 3.82. The first-order chi connectivity index (χ1) is 18.1. The van der Waals surface area contributed by atoms with Gasteiger partial charge >= 0.3 is 5.97 Å². The van der Waals surface area contributed by atoms with E-state index < -0.39 is 5.97 Å². The summed E-state index contributed by atoms with van der Waals surface area (Å²) >= 11 is 0. The fraction of sp³-hybridized carbons (Fsp3) is 0.267. The maximum atomic E-state index is 11.5. The lowest BCUT2D eigenvalue weighted by Crippen LogP contribution is -2.20. The number of aryl methyl sites for hydroxylation is 5. The molecule has 38 heavy (non-hydrogen) atoms. The maximum absolute atomic E-state index is 11.5. The molecule has 0 bridgehead atoms. The van der Waals surface area contributed by atoms with Crippen LogP contribution in [0.1, 0.15) is 44.6 Å². The number of carboxylic acid groups (broad SMARTS) is 1. The van der Waals surface area contributed by atoms with Crippen molar-refractivity contribution in [1.82, 2.24) is 10.3 Å². The Labute approximate surface area is 224 Å². The molecular formula is C30H37N5O3. The highest BCUT2D eigenvalue weighted by atomic mass is 16.4. The molecule has 1 amide bonds. The SMILES string of the molecule is C=N/C(=C\Nc1ccc(CCC(=O)O)cc1)CNc1cc(C)ccn1.CNC(=O)c1c(C)cc(C)cc1C. The zero-order valence-electron chi connectivity index (χ0n) is 22.8. The minimum absolute atomic E-state index is 0.00463. The zero-order chi connectivity index (χ0) is 28.1. The molecular weight excluding hydrogens is 478 g/mol. The van der Waals surface area contributed by atoms with E-state index in [1.165, 1.54) is 5.56 Å². The van der Waals surface area contributed by atoms with Crippen LogP contribution in [0.15, 0.2) is 71.6 Å². The van der Waals surface area contributed by atoms with Crippen molar-refractivity contribution in [2.24, 2.45) is 4.99 Å². The van der Waals surface area contributed by atoms with Crippen molar-refractivity contribution < 1.29 is 14.7 Å². The molecule has 0 unspecified atom stereocenters. The number of hydrogen-bond donors (Lipinski definition) is 4. The molecule has 1 aromatic heterocycles. The maximum Gasteiger partial charge on any atom is 0.303 e. The minimum Gasteiger partial charge on any atom is -0.481 e. The lowest BCUT2D eigenvalue weighted by atomic mass is 9.99. The van der Waals surface area contributed by atoms with Crippen molar-refractivity contribution in [2.45, 2.75) is 40.5 Å². The number of aromatic nitrogens is 1. The fourth-order valence-corrected chi connectivity index (χ4v) is 3.82. The summed E-state index contributed by atoms with van der Waals surface area (Å²) in [4.78, 5) is 30.3. The Morgan fingerprint density at radius 3 is 2.21 bits per heavy atom. The van der Waals surface area contributed by atoms with Crippen molar-refractivity contribution in [2.75, 3.05) is 24.2 Å². The number of hydrogen-bond acceptors (Lipinski definition) is 6. The smallest absolute Gasteiger partial charge is 0.303 e. The van der Waals surface area contributed by atoms with Gasteiger partial charge < -0.3 is 21.1 Å². The standard InChI is InChI=1S/C19H22N4O2.C11H15NO/c1-14-9-10-21-18(11-14)23-13-17(20-2)12-22-16-6-3-15(4-7-16)5-8-19(24)25;1-7-5-8(2)10(9(3)6-7)11(13)12-4/h3-4,6-7,9-12,22H,2,5,8,13H2,1H3,(H,21,23)(H,24,25);5-6H,1-4H3,(H,12,13)/b17-12-;. The minimum atomic E-state index is -0.789. The van der Waals surface area contributed by atoms with Gasteiger partial charge in [-0.25, -0.2) is 4.98 Å². The van der Waals surface area contributed by atoms with Crippen LogP contribution in [0.2, 0.25) is 0 Å². The number of carboxylic acids is 1. The molecule has 0 aliphatic rings. The first kappa shape index (κ1) is 29.8. The Kier molecular flexibility index (Phi) is 11.7. The lowest BCUT2D eigenvalue weighted by Gasteiger charge is -2.09. The summed E-state index contributed by atoms with van der Waals surface area (Å²) in [6.45, 7) is 12.1. The summed E-state index contributed by atoms with van der Waals surface area (Å²) in [5, 5.41) is 17.7. The molecule has 0 atom stereocenters. The van der Waals surface area contributed by atoms with Crippen LogP contribution >= 0.6 is 0 Å². The number of nitrogens with one attached hydrogen (secondary N) is 3. The molecule has 3 rings (SSSR count). The second-order valence-corrected chi connectivity index (χ2v) is 8.95. The van der Waals surface area contributed by atoms with Crippen LogP contribution in [-0.4, -0.2) is 42.3 Å². The third kappa shape index (κ3) is 9.89. The van der Waals surface area contributed by atoms with Gasteiger partial charge in [0.2, 0.25) is 0 Å². The number of amides is 1. The Morgan fingerprint density at radius 1 is 1.00 bits per heavy atom. The second kappa shape index (κ2) is 14.9. The van der Waals surface area contributed by atoms with Gasteiger partial charge in [-0.2, -0.15) is 0 Å². The van der Waals surface area contributed by atoms with Gasteiger partial charge in [0.25, 0.3) is 5.91 Å². The van der Waals surface area contributed by atoms with Gasteiger partial charge in [0, 0.05) is 37.1 Å². The van der Waals surface area contributed by atoms with Crippen LogP contribution in [-0.2, 0) is 11.2 Å². The number of aliphatic carboxylic acids is 1. The number of aliphatic imine (C=N–C) groups is 1. The molecule has 0 saturated carbocycles. The third-order valence-corrected chi connectivity index (χ3v) is 5.69. The molecule has 200 valence electrons. The summed E-state index contributed by atoms with van der Waals surface area (Å²) in [6.07, 6.45) is 4.20. The van der Waals surface area contributed by atoms with Gasteiger partial charge in [-0.15, -0.1) is 0 Å². The number of anilines is 2. The van der Waals surface area contributed by atoms with E-state index in [0.29, 0.717) is 13.0 Å². The van der Waals surface area contributed by atoms with Crippen LogP contribution in [0.3, 0.4) is 0 Å². The molecule has 0 saturated heterocycles. The molecule has 0 radical (unpaired) electrons. The van der Waals surface area contributed by atoms with Crippen LogP contribution in [0.5, 0.6) is 0 Å². The Balaban J connectivity index is 0.000000328. The van der Waals surface area contributed by atoms with E-state index >= 15 is 0 Å². The highest BCUT2D eigenvalue weighted by Crippen LogP contribution is 2.16. The largest absolute Gasteiger partial charge is 0.481 e. The van der Waals surface area contributed by atoms with Gasteiger partial charge in [-0.3, -0.25) is 14.6 Å². The van der Waals surface area contributed by atoms with E-state index in [9.17, 15) is 9.59 Å². The van der Waals surface area contributed by atoms with E-state index in [1.807, 2.05) is 76.2 Å². The van der Waals surface area contributed by atoms with Gasteiger partial charge in [-0.1, -0.05) is 29.8 Å². The first-order valence-electron chi connectivity index (χ1n) is 12.3. The molecule has 0 fully saturated rings. The number of carbonyl (C=O) groups excluding carboxylic acids is 1. The van der Waals surface area contributed by atoms with Crippen LogP contribution in [0, 0.1) is 27.7 Å². The van der Waals surface area contributed by atoms with Gasteiger partial charge in [0.05, 0.1) is 12.2 Å². The van der Waals surface area contributed by atoms with E-state index in [4.69, 9.17) is 5.11 Å². The lowest BCUT2D eigenvalue weighted by molar-refractivity contribution is -0.136. The molecule has 0 aliphatic carbocycles. The normalized spacial score (nSPS) is 10.6. The highest BCUT2D eigenvalue weighted by molar-refractivity contribution is 5.96. The van der Waals surface area contributed by atoms with Crippen molar-refractivity contribution in [3.8, 4) is 0 Å². The number of pyridine rings is 1. The van der Waals surface area contributed by atoms with E-state index in [2.05, 4.69) is 32.6 Å². The van der Waals surface area contributed by atoms with Gasteiger partial charge in [-0.05, 0) is 87.4 Å². The van der Waals surface area contributed by atoms with Gasteiger partial charge in [0.15, 0.2) is 0 Å². The Bertz CT molecular complexity index is 1260. The Hall–Kier alpha value is -4.46. The van der Waals surface area contributed by atoms with E-state index in [0.717, 1.165) is 45.0 Å². The Morgan fingerprint density at radius 2 is 1.66 bits per heavy atom. The number of rotatable bonds is 10. The van der Waals surface area contributed by atoms with Crippen LogP contribution in [0.4, 0.5) is 11.5 Å². The molecule has 1 heterocycles. The van der Waals surface area contributed by atoms with Crippen molar-refractivity contribution in [1.29, 1.82) is 0 Å². The average molecular weight is 516 g/mol. The molecule has 0 spiro atoms. The predicted octanol–water partition coefficient (Wildman–Crippen LogP) is 5.44. The summed E-state index contributed by atoms with van der Waals surface area (Å²) in [5.41, 5.74) is 7.85. The van der Waals surface area contributed by atoms with Crippen molar-refractivity contribution in [3.05, 3.63) is 100 Å². The molecule has 4 N–H and O–H groups in total. The summed E-state index contributed by atoms with van der Waals surface area (Å²) in [7, 11) is 1.65. The summed E-state index contributed by atoms with van der Waals surface area (Å²) in [5.74, 6) is -0.00485. The molecule has 8 nitrogen and oxygen atoms in total. The highest BCUT2D eigenvalue weighted by Gasteiger charge is 2.10. The monoisotopic (exact) mass is 515 g/mol. The third-order valence-electron chi connectivity index (χ3n) is 5.69. The quantitative estimate of drug-likeness (QED) is 0.267. The average Bonchev–Trinajstić information content (AvgIpc) is 2.88. The van der Waals surface area contributed by atoms with E-state index in [1.54, 1.807) is 19.4 Å². The topological polar surface area (TPSA) is 116 Å². The van der Waals surface area contributed by atoms with E-state index in [-0.39, 0.29) is 12.3 Å². The molecule has 8 heteroatoms. The number of nitrogens with zero attached hydrogens (tertiary/aromatic N) is 2. The number of carbonyl (C=O) groups is 2. The van der Waals surface area contributed by atoms with Crippen molar-refractivity contribution in [3.63, 3.8) is 0 Å². The predicted molar refractivity (Wildman–Crippen MR) is 155 cm³/mol. The summed E-state index contributed by atoms with van der Waals surface area (Å²) in [6, 6.07) is 15.6. The molecule has 2 aromatic carbocycles. The zero-order valence-corrected chi connectivity index (χ0v) is 22.8. The second-order valence-electron chi connectivity index (χ2n) is 8.95. The molecule has 3 aromatic rings. The van der Waals surface area contributed by atoms with Crippen LogP contribution < -0.4 is 16.0 Å². The first-order valence-corrected chi connectivity index (χ1v) is 12.3. The van der Waals surface area contributed by atoms with Gasteiger partial charge in [0.1, 0.15) is 5.82 Å². The van der Waals surface area contributed by atoms with Crippen LogP contribution in [0.25, 0.3) is 0 Å². The molecule has 0 aliphatic heterocycles.